The average Bonchev–Trinajstić information content (AvgIpc) is 2.07. The number of benzene rings is 1. The lowest BCUT2D eigenvalue weighted by Gasteiger charge is -2.06. The molecule has 0 amide bonds. The summed E-state index contributed by atoms with van der Waals surface area (Å²) in [5, 5.41) is 10.6. The fourth-order valence-corrected chi connectivity index (χ4v) is 1.85. The van der Waals surface area contributed by atoms with Crippen molar-refractivity contribution < 1.29 is 13.3 Å². The van der Waals surface area contributed by atoms with E-state index < -0.39 is 20.6 Å². The second kappa shape index (κ2) is 4.44. The van der Waals surface area contributed by atoms with E-state index in [0.717, 1.165) is 18.4 Å². The maximum Gasteiger partial charge on any atom is 0.294 e. The van der Waals surface area contributed by atoms with E-state index in [1.165, 1.54) is 0 Å². The zero-order valence-corrected chi connectivity index (χ0v) is 10.2. The number of hydrogen-bond donors (Lipinski definition) is 1. The molecule has 0 unspecified atom stereocenters. The van der Waals surface area contributed by atoms with Gasteiger partial charge in [-0.3, -0.25) is 14.8 Å². The number of anilines is 1. The van der Waals surface area contributed by atoms with E-state index in [1.807, 2.05) is 4.72 Å². The monoisotopic (exact) mass is 284 g/mol. The predicted molar refractivity (Wildman–Crippen MR) is 61.6 cm³/mol. The van der Waals surface area contributed by atoms with Crippen LogP contribution in [0.1, 0.15) is 0 Å². The van der Waals surface area contributed by atoms with Crippen molar-refractivity contribution in [3.05, 3.63) is 32.3 Å². The van der Waals surface area contributed by atoms with Gasteiger partial charge >= 0.3 is 0 Å². The summed E-state index contributed by atoms with van der Waals surface area (Å²) in [5.41, 5.74) is -0.679. The van der Waals surface area contributed by atoms with Crippen LogP contribution >= 0.6 is 23.2 Å². The minimum Gasteiger partial charge on any atom is -0.277 e. The smallest absolute Gasteiger partial charge is 0.277 e. The largest absolute Gasteiger partial charge is 0.294 e. The topological polar surface area (TPSA) is 89.3 Å². The lowest BCUT2D eigenvalue weighted by Crippen LogP contribution is -2.11. The number of nitro groups is 1. The number of nitro benzene ring substituents is 1. The van der Waals surface area contributed by atoms with Crippen LogP contribution in [0.3, 0.4) is 0 Å². The molecule has 1 aromatic carbocycles. The van der Waals surface area contributed by atoms with Crippen LogP contribution in [-0.4, -0.2) is 19.6 Å². The molecule has 9 heteroatoms. The molecule has 0 radical (unpaired) electrons. The third-order valence-corrected chi connectivity index (χ3v) is 2.84. The van der Waals surface area contributed by atoms with Gasteiger partial charge in [0.05, 0.1) is 21.2 Å². The van der Waals surface area contributed by atoms with Crippen LogP contribution in [-0.2, 0) is 10.0 Å². The van der Waals surface area contributed by atoms with E-state index in [0.29, 0.717) is 0 Å². The van der Waals surface area contributed by atoms with Crippen LogP contribution in [0.25, 0.3) is 0 Å². The number of hydrogen-bond acceptors (Lipinski definition) is 4. The van der Waals surface area contributed by atoms with Crippen molar-refractivity contribution in [2.45, 2.75) is 0 Å². The molecule has 0 aliphatic heterocycles. The molecule has 1 rings (SSSR count). The van der Waals surface area contributed by atoms with Gasteiger partial charge in [0.15, 0.2) is 0 Å². The zero-order chi connectivity index (χ0) is 12.5. The third kappa shape index (κ3) is 3.22. The molecule has 0 aliphatic rings. The number of sulfonamides is 1. The molecular formula is C7H6Cl2N2O4S. The standard InChI is InChI=1S/C7H6Cl2N2O4S/c1-16(14,15)10-6-2-4(8)5(9)3-7(6)11(12)13/h2-3,10H,1H3. The van der Waals surface area contributed by atoms with Crippen LogP contribution in [0.15, 0.2) is 12.1 Å². The Balaban J connectivity index is 3.36. The molecule has 88 valence electrons. The summed E-state index contributed by atoms with van der Waals surface area (Å²) in [7, 11) is -3.62. The highest BCUT2D eigenvalue weighted by Gasteiger charge is 2.19. The Labute approximate surface area is 101 Å². The summed E-state index contributed by atoms with van der Waals surface area (Å²) in [6.45, 7) is 0. The first-order valence-electron chi connectivity index (χ1n) is 3.82. The normalized spacial score (nSPS) is 11.2. The van der Waals surface area contributed by atoms with E-state index in [4.69, 9.17) is 23.2 Å². The van der Waals surface area contributed by atoms with Gasteiger partial charge in [-0.25, -0.2) is 8.42 Å². The predicted octanol–water partition coefficient (Wildman–Crippen LogP) is 2.27. The molecule has 1 N–H and O–H groups in total. The Morgan fingerprint density at radius 1 is 1.31 bits per heavy atom. The third-order valence-electron chi connectivity index (χ3n) is 1.53. The maximum absolute atomic E-state index is 11.0. The van der Waals surface area contributed by atoms with Crippen LogP contribution < -0.4 is 4.72 Å². The molecule has 0 heterocycles. The summed E-state index contributed by atoms with van der Waals surface area (Å²) in [6.07, 6.45) is 0.874. The molecule has 0 fully saturated rings. The highest BCUT2D eigenvalue weighted by atomic mass is 35.5. The van der Waals surface area contributed by atoms with Crippen molar-refractivity contribution >= 4 is 44.6 Å². The van der Waals surface area contributed by atoms with Gasteiger partial charge in [0.2, 0.25) is 10.0 Å². The fourth-order valence-electron chi connectivity index (χ4n) is 0.969. The number of rotatable bonds is 3. The lowest BCUT2D eigenvalue weighted by atomic mass is 10.3. The number of nitrogens with zero attached hydrogens (tertiary/aromatic N) is 1. The first kappa shape index (κ1) is 13.0. The van der Waals surface area contributed by atoms with Crippen molar-refractivity contribution in [2.24, 2.45) is 0 Å². The maximum atomic E-state index is 11.0. The van der Waals surface area contributed by atoms with Crippen LogP contribution in [0.2, 0.25) is 10.0 Å². The van der Waals surface area contributed by atoms with Gasteiger partial charge in [-0.05, 0) is 6.07 Å². The van der Waals surface area contributed by atoms with Crippen LogP contribution in [0.4, 0.5) is 11.4 Å². The minimum absolute atomic E-state index is 0.0209. The summed E-state index contributed by atoms with van der Waals surface area (Å²) in [5.74, 6) is 0. The van der Waals surface area contributed by atoms with Crippen LogP contribution in [0, 0.1) is 10.1 Å². The molecule has 0 bridgehead atoms. The highest BCUT2D eigenvalue weighted by Crippen LogP contribution is 2.34. The first-order valence-corrected chi connectivity index (χ1v) is 6.46. The second-order valence-corrected chi connectivity index (χ2v) is 5.48. The molecule has 0 aliphatic carbocycles. The SMILES string of the molecule is CS(=O)(=O)Nc1cc(Cl)c(Cl)cc1[N+](=O)[O-]. The van der Waals surface area contributed by atoms with E-state index in [9.17, 15) is 18.5 Å². The summed E-state index contributed by atoms with van der Waals surface area (Å²) < 4.78 is 23.9. The lowest BCUT2D eigenvalue weighted by molar-refractivity contribution is -0.383. The van der Waals surface area contributed by atoms with E-state index in [-0.39, 0.29) is 15.7 Å². The summed E-state index contributed by atoms with van der Waals surface area (Å²) in [6, 6.07) is 2.07. The van der Waals surface area contributed by atoms with Crippen molar-refractivity contribution in [1.29, 1.82) is 0 Å². The second-order valence-electron chi connectivity index (χ2n) is 2.91. The molecular weight excluding hydrogens is 279 g/mol. The van der Waals surface area contributed by atoms with Gasteiger partial charge in [0.1, 0.15) is 5.69 Å². The number of halogens is 2. The molecule has 16 heavy (non-hydrogen) atoms. The Morgan fingerprint density at radius 3 is 2.25 bits per heavy atom. The van der Waals surface area contributed by atoms with Gasteiger partial charge in [0, 0.05) is 6.07 Å². The van der Waals surface area contributed by atoms with Crippen molar-refractivity contribution in [2.75, 3.05) is 11.0 Å². The molecule has 0 spiro atoms. The molecule has 1 aromatic rings. The van der Waals surface area contributed by atoms with E-state index >= 15 is 0 Å². The molecule has 6 nitrogen and oxygen atoms in total. The Morgan fingerprint density at radius 2 is 1.81 bits per heavy atom. The van der Waals surface area contributed by atoms with Gasteiger partial charge in [-0.15, -0.1) is 0 Å². The Hall–Kier alpha value is -1.05. The molecule has 0 saturated heterocycles. The average molecular weight is 285 g/mol. The minimum atomic E-state index is -3.62. The van der Waals surface area contributed by atoms with Gasteiger partial charge < -0.3 is 0 Å². The van der Waals surface area contributed by atoms with E-state index in [1.54, 1.807) is 0 Å². The van der Waals surface area contributed by atoms with Crippen molar-refractivity contribution in [3.8, 4) is 0 Å². The summed E-state index contributed by atoms with van der Waals surface area (Å²) >= 11 is 11.2. The van der Waals surface area contributed by atoms with Crippen molar-refractivity contribution in [1.82, 2.24) is 0 Å². The first-order chi connectivity index (χ1) is 7.20. The Kier molecular flexibility index (Phi) is 3.61. The Bertz CT molecular complexity index is 544. The van der Waals surface area contributed by atoms with Crippen molar-refractivity contribution in [3.63, 3.8) is 0 Å². The van der Waals surface area contributed by atoms with E-state index in [2.05, 4.69) is 0 Å². The number of nitrogens with one attached hydrogen (secondary N) is 1. The van der Waals surface area contributed by atoms with Gasteiger partial charge in [-0.2, -0.15) is 0 Å². The zero-order valence-electron chi connectivity index (χ0n) is 7.90. The van der Waals surface area contributed by atoms with Gasteiger partial charge in [0.25, 0.3) is 5.69 Å². The quantitative estimate of drug-likeness (QED) is 0.681. The fraction of sp³-hybridized carbons (Fsp3) is 0.143. The highest BCUT2D eigenvalue weighted by molar-refractivity contribution is 7.92. The molecule has 0 aromatic heterocycles. The summed E-state index contributed by atoms with van der Waals surface area (Å²) in [4.78, 5) is 9.89. The van der Waals surface area contributed by atoms with Crippen LogP contribution in [0.5, 0.6) is 0 Å². The molecule has 0 saturated carbocycles. The van der Waals surface area contributed by atoms with Gasteiger partial charge in [-0.1, -0.05) is 23.2 Å². The molecule has 0 atom stereocenters.